The van der Waals surface area contributed by atoms with Crippen molar-refractivity contribution in [2.75, 3.05) is 16.4 Å². The van der Waals surface area contributed by atoms with Crippen LogP contribution >= 0.6 is 11.8 Å². The van der Waals surface area contributed by atoms with Crippen LogP contribution < -0.4 is 10.6 Å². The third-order valence-corrected chi connectivity index (χ3v) is 4.43. The lowest BCUT2D eigenvalue weighted by atomic mass is 10.2. The summed E-state index contributed by atoms with van der Waals surface area (Å²) in [6, 6.07) is 6.99. The summed E-state index contributed by atoms with van der Waals surface area (Å²) >= 11 is 1.26. The SMILES string of the molecule is CCC(=O)Nc1ccc(NC(=O)CSc2nnc(CC)c(CC)n2)cc1. The third kappa shape index (κ3) is 5.80. The van der Waals surface area contributed by atoms with Crippen LogP contribution in [0.5, 0.6) is 0 Å². The molecule has 0 bridgehead atoms. The van der Waals surface area contributed by atoms with Gasteiger partial charge in [0.15, 0.2) is 0 Å². The van der Waals surface area contributed by atoms with Gasteiger partial charge in [-0.1, -0.05) is 32.5 Å². The molecule has 138 valence electrons. The van der Waals surface area contributed by atoms with Gasteiger partial charge in [0.25, 0.3) is 0 Å². The lowest BCUT2D eigenvalue weighted by Gasteiger charge is -2.08. The molecule has 1 aromatic carbocycles. The van der Waals surface area contributed by atoms with E-state index in [-0.39, 0.29) is 17.6 Å². The third-order valence-electron chi connectivity index (χ3n) is 3.60. The molecule has 0 saturated heterocycles. The second kappa shape index (κ2) is 9.86. The van der Waals surface area contributed by atoms with Crippen molar-refractivity contribution in [2.45, 2.75) is 45.2 Å². The molecule has 2 rings (SSSR count). The van der Waals surface area contributed by atoms with E-state index < -0.39 is 0 Å². The molecule has 2 N–H and O–H groups in total. The Morgan fingerprint density at radius 2 is 1.46 bits per heavy atom. The minimum absolute atomic E-state index is 0.0488. The normalized spacial score (nSPS) is 10.4. The minimum Gasteiger partial charge on any atom is -0.326 e. The van der Waals surface area contributed by atoms with Gasteiger partial charge >= 0.3 is 0 Å². The minimum atomic E-state index is -0.151. The molecule has 0 aliphatic carbocycles. The first kappa shape index (κ1) is 19.8. The summed E-state index contributed by atoms with van der Waals surface area (Å²) in [5.41, 5.74) is 3.19. The first-order chi connectivity index (χ1) is 12.5. The van der Waals surface area contributed by atoms with Gasteiger partial charge in [0.1, 0.15) is 0 Å². The van der Waals surface area contributed by atoms with Crippen molar-refractivity contribution in [2.24, 2.45) is 0 Å². The second-order valence-electron chi connectivity index (χ2n) is 5.51. The number of rotatable bonds is 8. The van der Waals surface area contributed by atoms with Gasteiger partial charge in [0.2, 0.25) is 17.0 Å². The standard InChI is InChI=1S/C18H23N5O2S/c1-4-14-15(5-2)22-23-18(21-14)26-11-17(25)20-13-9-7-12(8-10-13)19-16(24)6-3/h7-10H,4-6,11H2,1-3H3,(H,19,24)(H,20,25). The fourth-order valence-corrected chi connectivity index (χ4v) is 2.80. The van der Waals surface area contributed by atoms with Crippen molar-refractivity contribution >= 4 is 35.0 Å². The molecule has 0 atom stereocenters. The molecular weight excluding hydrogens is 350 g/mol. The highest BCUT2D eigenvalue weighted by molar-refractivity contribution is 7.99. The number of benzene rings is 1. The molecule has 1 heterocycles. The Hall–Kier alpha value is -2.48. The number of hydrogen-bond donors (Lipinski definition) is 2. The molecule has 2 amide bonds. The lowest BCUT2D eigenvalue weighted by Crippen LogP contribution is -2.15. The Balaban J connectivity index is 1.88. The highest BCUT2D eigenvalue weighted by atomic mass is 32.2. The quantitative estimate of drug-likeness (QED) is 0.690. The summed E-state index contributed by atoms with van der Waals surface area (Å²) in [7, 11) is 0. The van der Waals surface area contributed by atoms with Crippen molar-refractivity contribution in [3.63, 3.8) is 0 Å². The first-order valence-corrected chi connectivity index (χ1v) is 9.59. The zero-order valence-electron chi connectivity index (χ0n) is 15.2. The van der Waals surface area contributed by atoms with Crippen molar-refractivity contribution in [1.29, 1.82) is 0 Å². The molecule has 1 aromatic heterocycles. The molecule has 0 unspecified atom stereocenters. The molecule has 26 heavy (non-hydrogen) atoms. The van der Waals surface area contributed by atoms with Crippen LogP contribution in [0.15, 0.2) is 29.4 Å². The van der Waals surface area contributed by atoms with E-state index in [1.54, 1.807) is 31.2 Å². The van der Waals surface area contributed by atoms with Crippen LogP contribution in [-0.4, -0.2) is 32.7 Å². The van der Waals surface area contributed by atoms with Crippen LogP contribution in [0.1, 0.15) is 38.6 Å². The van der Waals surface area contributed by atoms with Crippen molar-refractivity contribution in [3.05, 3.63) is 35.7 Å². The number of carbonyl (C=O) groups excluding carboxylic acids is 2. The number of amides is 2. The first-order valence-electron chi connectivity index (χ1n) is 8.60. The number of thioether (sulfide) groups is 1. The van der Waals surface area contributed by atoms with Crippen molar-refractivity contribution < 1.29 is 9.59 Å². The Morgan fingerprint density at radius 1 is 0.885 bits per heavy atom. The van der Waals surface area contributed by atoms with Gasteiger partial charge in [-0.2, -0.15) is 5.10 Å². The van der Waals surface area contributed by atoms with Gasteiger partial charge < -0.3 is 10.6 Å². The Morgan fingerprint density at radius 3 is 2.00 bits per heavy atom. The number of nitrogens with one attached hydrogen (secondary N) is 2. The van der Waals surface area contributed by atoms with E-state index >= 15 is 0 Å². The summed E-state index contributed by atoms with van der Waals surface area (Å²) in [5, 5.41) is 14.3. The van der Waals surface area contributed by atoms with Crippen LogP contribution in [0.4, 0.5) is 11.4 Å². The van der Waals surface area contributed by atoms with E-state index in [9.17, 15) is 9.59 Å². The predicted molar refractivity (Wildman–Crippen MR) is 103 cm³/mol. The van der Waals surface area contributed by atoms with Crippen LogP contribution in [-0.2, 0) is 22.4 Å². The smallest absolute Gasteiger partial charge is 0.234 e. The van der Waals surface area contributed by atoms with Crippen molar-refractivity contribution in [3.8, 4) is 0 Å². The molecule has 0 aliphatic heterocycles. The summed E-state index contributed by atoms with van der Waals surface area (Å²) in [6.07, 6.45) is 2.01. The topological polar surface area (TPSA) is 96.9 Å². The molecule has 2 aromatic rings. The maximum absolute atomic E-state index is 12.1. The number of hydrogen-bond acceptors (Lipinski definition) is 6. The van der Waals surface area contributed by atoms with Gasteiger partial charge in [0.05, 0.1) is 17.1 Å². The predicted octanol–water partition coefficient (Wildman–Crippen LogP) is 3.08. The van der Waals surface area contributed by atoms with Gasteiger partial charge in [-0.25, -0.2) is 4.98 Å². The average Bonchev–Trinajstić information content (AvgIpc) is 2.67. The maximum Gasteiger partial charge on any atom is 0.234 e. The van der Waals surface area contributed by atoms with Crippen LogP contribution in [0.3, 0.4) is 0 Å². The molecule has 0 saturated carbocycles. The number of anilines is 2. The van der Waals surface area contributed by atoms with Crippen molar-refractivity contribution in [1.82, 2.24) is 15.2 Å². The summed E-state index contributed by atoms with van der Waals surface area (Å²) < 4.78 is 0. The zero-order chi connectivity index (χ0) is 18.9. The van der Waals surface area contributed by atoms with Gasteiger partial charge in [-0.05, 0) is 37.1 Å². The van der Waals surface area contributed by atoms with E-state index in [1.807, 2.05) is 13.8 Å². The van der Waals surface area contributed by atoms with E-state index in [2.05, 4.69) is 25.8 Å². The van der Waals surface area contributed by atoms with Crippen LogP contribution in [0.2, 0.25) is 0 Å². The molecule has 7 nitrogen and oxygen atoms in total. The number of nitrogens with zero attached hydrogens (tertiary/aromatic N) is 3. The number of aromatic nitrogens is 3. The monoisotopic (exact) mass is 373 g/mol. The highest BCUT2D eigenvalue weighted by Crippen LogP contribution is 2.17. The molecule has 0 radical (unpaired) electrons. The molecular formula is C18H23N5O2S. The van der Waals surface area contributed by atoms with Gasteiger partial charge in [0, 0.05) is 17.8 Å². The fourth-order valence-electron chi connectivity index (χ4n) is 2.20. The highest BCUT2D eigenvalue weighted by Gasteiger charge is 2.09. The number of aryl methyl sites for hydroxylation is 2. The fraction of sp³-hybridized carbons (Fsp3) is 0.389. The van der Waals surface area contributed by atoms with E-state index in [0.717, 1.165) is 24.2 Å². The van der Waals surface area contributed by atoms with Crippen LogP contribution in [0, 0.1) is 0 Å². The molecule has 0 spiro atoms. The van der Waals surface area contributed by atoms with Crippen LogP contribution in [0.25, 0.3) is 0 Å². The summed E-state index contributed by atoms with van der Waals surface area (Å²) in [6.45, 7) is 5.83. The largest absolute Gasteiger partial charge is 0.326 e. The Bertz CT molecular complexity index is 765. The molecule has 8 heteroatoms. The van der Waals surface area contributed by atoms with Gasteiger partial charge in [-0.3, -0.25) is 9.59 Å². The lowest BCUT2D eigenvalue weighted by molar-refractivity contribution is -0.116. The van der Waals surface area contributed by atoms with E-state index in [4.69, 9.17) is 0 Å². The zero-order valence-corrected chi connectivity index (χ0v) is 16.0. The second-order valence-corrected chi connectivity index (χ2v) is 6.45. The Labute approximate surface area is 157 Å². The molecule has 0 aliphatic rings. The van der Waals surface area contributed by atoms with E-state index in [0.29, 0.717) is 23.0 Å². The summed E-state index contributed by atoms with van der Waals surface area (Å²) in [5.74, 6) is -0.00106. The maximum atomic E-state index is 12.1. The van der Waals surface area contributed by atoms with E-state index in [1.165, 1.54) is 11.8 Å². The average molecular weight is 373 g/mol. The van der Waals surface area contributed by atoms with Gasteiger partial charge in [-0.15, -0.1) is 5.10 Å². The number of carbonyl (C=O) groups is 2. The Kier molecular flexibility index (Phi) is 7.53. The molecule has 0 fully saturated rings. The summed E-state index contributed by atoms with van der Waals surface area (Å²) in [4.78, 5) is 27.9.